The fraction of sp³-hybridized carbons (Fsp3) is 0.400. The molecule has 0 heterocycles. The average molecular weight is 332 g/mol. The Hall–Kier alpha value is -1.07. The van der Waals surface area contributed by atoms with Crippen LogP contribution in [0.15, 0.2) is 24.3 Å². The normalized spacial score (nSPS) is 11.0. The van der Waals surface area contributed by atoms with Crippen molar-refractivity contribution >= 4 is 35.2 Å². The first-order valence-electron chi connectivity index (χ1n) is 6.61. The van der Waals surface area contributed by atoms with Crippen LogP contribution < -0.4 is 5.32 Å². The van der Waals surface area contributed by atoms with E-state index in [0.29, 0.717) is 36.4 Å². The van der Waals surface area contributed by atoms with Gasteiger partial charge in [-0.15, -0.1) is 0 Å². The van der Waals surface area contributed by atoms with Crippen LogP contribution in [-0.2, 0) is 14.3 Å². The number of rotatable bonds is 9. The van der Waals surface area contributed by atoms with Gasteiger partial charge in [0.15, 0.2) is 0 Å². The van der Waals surface area contributed by atoms with Gasteiger partial charge in [-0.1, -0.05) is 29.3 Å². The SMILES string of the molecule is COCCOCCCNC(=O)/C=C/c1ccc(Cl)c(Cl)c1. The second-order valence-electron chi connectivity index (χ2n) is 4.26. The van der Waals surface area contributed by atoms with E-state index in [1.54, 1.807) is 31.4 Å². The molecule has 0 saturated carbocycles. The molecule has 0 bridgehead atoms. The van der Waals surface area contributed by atoms with E-state index >= 15 is 0 Å². The highest BCUT2D eigenvalue weighted by molar-refractivity contribution is 6.42. The third-order valence-corrected chi connectivity index (χ3v) is 3.31. The number of amides is 1. The lowest BCUT2D eigenvalue weighted by atomic mass is 10.2. The highest BCUT2D eigenvalue weighted by Crippen LogP contribution is 2.22. The van der Waals surface area contributed by atoms with Crippen LogP contribution in [0.1, 0.15) is 12.0 Å². The molecule has 4 nitrogen and oxygen atoms in total. The summed E-state index contributed by atoms with van der Waals surface area (Å²) in [6, 6.07) is 5.19. The number of nitrogens with one attached hydrogen (secondary N) is 1. The van der Waals surface area contributed by atoms with Gasteiger partial charge < -0.3 is 14.8 Å². The van der Waals surface area contributed by atoms with E-state index in [1.165, 1.54) is 6.08 Å². The van der Waals surface area contributed by atoms with Crippen LogP contribution in [0.4, 0.5) is 0 Å². The van der Waals surface area contributed by atoms with Gasteiger partial charge in [-0.2, -0.15) is 0 Å². The van der Waals surface area contributed by atoms with Crippen LogP contribution in [0.25, 0.3) is 6.08 Å². The van der Waals surface area contributed by atoms with Gasteiger partial charge in [0.25, 0.3) is 0 Å². The third-order valence-electron chi connectivity index (χ3n) is 2.57. The number of ether oxygens (including phenoxy) is 2. The Bertz CT molecular complexity index is 478. The maximum atomic E-state index is 11.6. The van der Waals surface area contributed by atoms with Crippen LogP contribution >= 0.6 is 23.2 Å². The summed E-state index contributed by atoms with van der Waals surface area (Å²) in [5, 5.41) is 3.73. The van der Waals surface area contributed by atoms with Gasteiger partial charge in [0.05, 0.1) is 23.3 Å². The number of hydrogen-bond donors (Lipinski definition) is 1. The van der Waals surface area contributed by atoms with Crippen LogP contribution in [0.3, 0.4) is 0 Å². The largest absolute Gasteiger partial charge is 0.382 e. The molecular formula is C15H19Cl2NO3. The summed E-state index contributed by atoms with van der Waals surface area (Å²) in [7, 11) is 1.63. The van der Waals surface area contributed by atoms with Crippen molar-refractivity contribution in [2.24, 2.45) is 0 Å². The smallest absolute Gasteiger partial charge is 0.244 e. The second-order valence-corrected chi connectivity index (χ2v) is 5.07. The summed E-state index contributed by atoms with van der Waals surface area (Å²) >= 11 is 11.7. The van der Waals surface area contributed by atoms with Crippen molar-refractivity contribution < 1.29 is 14.3 Å². The zero-order chi connectivity index (χ0) is 15.5. The quantitative estimate of drug-likeness (QED) is 0.558. The Morgan fingerprint density at radius 2 is 2.05 bits per heavy atom. The second kappa shape index (κ2) is 10.6. The van der Waals surface area contributed by atoms with E-state index in [4.69, 9.17) is 32.7 Å². The van der Waals surface area contributed by atoms with Gasteiger partial charge >= 0.3 is 0 Å². The molecule has 0 aromatic heterocycles. The summed E-state index contributed by atoms with van der Waals surface area (Å²) in [6.45, 7) is 2.32. The summed E-state index contributed by atoms with van der Waals surface area (Å²) < 4.78 is 10.1. The standard InChI is InChI=1S/C15H19Cl2NO3/c1-20-9-10-21-8-2-7-18-15(19)6-4-12-3-5-13(16)14(17)11-12/h3-6,11H,2,7-10H2,1H3,(H,18,19)/b6-4+. The van der Waals surface area contributed by atoms with Gasteiger partial charge in [-0.05, 0) is 30.2 Å². The molecule has 21 heavy (non-hydrogen) atoms. The van der Waals surface area contributed by atoms with E-state index in [0.717, 1.165) is 12.0 Å². The summed E-state index contributed by atoms with van der Waals surface area (Å²) in [5.41, 5.74) is 0.822. The van der Waals surface area contributed by atoms with Crippen LogP contribution in [0, 0.1) is 0 Å². The van der Waals surface area contributed by atoms with Crippen molar-refractivity contribution in [3.05, 3.63) is 39.9 Å². The van der Waals surface area contributed by atoms with Gasteiger partial charge in [0.1, 0.15) is 0 Å². The zero-order valence-corrected chi connectivity index (χ0v) is 13.4. The first-order chi connectivity index (χ1) is 10.1. The maximum absolute atomic E-state index is 11.6. The highest BCUT2D eigenvalue weighted by atomic mass is 35.5. The molecular weight excluding hydrogens is 313 g/mol. The highest BCUT2D eigenvalue weighted by Gasteiger charge is 1.98. The minimum Gasteiger partial charge on any atom is -0.382 e. The van der Waals surface area contributed by atoms with Crippen molar-refractivity contribution in [1.29, 1.82) is 0 Å². The number of halogens is 2. The topological polar surface area (TPSA) is 47.6 Å². The number of methoxy groups -OCH3 is 1. The van der Waals surface area contributed by atoms with Gasteiger partial charge in [0.2, 0.25) is 5.91 Å². The summed E-state index contributed by atoms with van der Waals surface area (Å²) in [6.07, 6.45) is 3.91. The molecule has 0 aliphatic rings. The fourth-order valence-electron chi connectivity index (χ4n) is 1.48. The lowest BCUT2D eigenvalue weighted by Crippen LogP contribution is -2.23. The van der Waals surface area contributed by atoms with E-state index in [-0.39, 0.29) is 5.91 Å². The predicted molar refractivity (Wildman–Crippen MR) is 85.8 cm³/mol. The Balaban J connectivity index is 2.21. The van der Waals surface area contributed by atoms with E-state index in [9.17, 15) is 4.79 Å². The van der Waals surface area contributed by atoms with E-state index in [1.807, 2.05) is 0 Å². The first-order valence-corrected chi connectivity index (χ1v) is 7.36. The Morgan fingerprint density at radius 1 is 1.24 bits per heavy atom. The molecule has 0 saturated heterocycles. The fourth-order valence-corrected chi connectivity index (χ4v) is 1.78. The molecule has 0 radical (unpaired) electrons. The number of carbonyl (C=O) groups excluding carboxylic acids is 1. The van der Waals surface area contributed by atoms with Crippen molar-refractivity contribution in [2.45, 2.75) is 6.42 Å². The molecule has 0 aliphatic carbocycles. The monoisotopic (exact) mass is 331 g/mol. The summed E-state index contributed by atoms with van der Waals surface area (Å²) in [4.78, 5) is 11.6. The van der Waals surface area contributed by atoms with Crippen LogP contribution in [-0.4, -0.2) is 39.4 Å². The lowest BCUT2D eigenvalue weighted by molar-refractivity contribution is -0.116. The summed E-state index contributed by atoms with van der Waals surface area (Å²) in [5.74, 6) is -0.155. The number of carbonyl (C=O) groups is 1. The molecule has 0 spiro atoms. The number of hydrogen-bond acceptors (Lipinski definition) is 3. The molecule has 6 heteroatoms. The first kappa shape index (κ1) is 18.0. The van der Waals surface area contributed by atoms with Gasteiger partial charge in [-0.3, -0.25) is 4.79 Å². The Kier molecular flexibility index (Phi) is 9.10. The van der Waals surface area contributed by atoms with Crippen LogP contribution in [0.5, 0.6) is 0 Å². The number of benzene rings is 1. The Morgan fingerprint density at radius 3 is 2.76 bits per heavy atom. The maximum Gasteiger partial charge on any atom is 0.244 e. The molecule has 1 aromatic rings. The molecule has 116 valence electrons. The molecule has 1 amide bonds. The average Bonchev–Trinajstić information content (AvgIpc) is 2.47. The van der Waals surface area contributed by atoms with Gasteiger partial charge in [0, 0.05) is 26.3 Å². The predicted octanol–water partition coefficient (Wildman–Crippen LogP) is 3.18. The van der Waals surface area contributed by atoms with Crippen molar-refractivity contribution in [2.75, 3.05) is 33.5 Å². The molecule has 1 N–H and O–H groups in total. The zero-order valence-electron chi connectivity index (χ0n) is 11.9. The van der Waals surface area contributed by atoms with Crippen molar-refractivity contribution in [3.63, 3.8) is 0 Å². The molecule has 0 fully saturated rings. The lowest BCUT2D eigenvalue weighted by Gasteiger charge is -2.04. The Labute approximate surface area is 135 Å². The molecule has 1 rings (SSSR count). The van der Waals surface area contributed by atoms with Crippen molar-refractivity contribution in [1.82, 2.24) is 5.32 Å². The molecule has 0 aliphatic heterocycles. The molecule has 1 aromatic carbocycles. The minimum absolute atomic E-state index is 0.155. The minimum atomic E-state index is -0.155. The van der Waals surface area contributed by atoms with E-state index in [2.05, 4.69) is 5.32 Å². The van der Waals surface area contributed by atoms with E-state index < -0.39 is 0 Å². The van der Waals surface area contributed by atoms with Crippen LogP contribution in [0.2, 0.25) is 10.0 Å². The molecule has 0 unspecified atom stereocenters. The third kappa shape index (κ3) is 8.07. The van der Waals surface area contributed by atoms with Crippen molar-refractivity contribution in [3.8, 4) is 0 Å². The molecule has 0 atom stereocenters. The van der Waals surface area contributed by atoms with Gasteiger partial charge in [-0.25, -0.2) is 0 Å².